The fraction of sp³-hybridized carbons (Fsp3) is 0.105. The Balaban J connectivity index is 1.57. The molecule has 0 saturated carbocycles. The molecule has 2 N–H and O–H groups in total. The Labute approximate surface area is 157 Å². The summed E-state index contributed by atoms with van der Waals surface area (Å²) in [7, 11) is 0. The van der Waals surface area contributed by atoms with Crippen LogP contribution in [-0.2, 0) is 0 Å². The van der Waals surface area contributed by atoms with E-state index in [4.69, 9.17) is 0 Å². The molecule has 0 radical (unpaired) electrons. The summed E-state index contributed by atoms with van der Waals surface area (Å²) in [5.74, 6) is -0.283. The molecule has 4 rings (SSSR count). The fourth-order valence-corrected chi connectivity index (χ4v) is 4.47. The highest BCUT2D eigenvalue weighted by Crippen LogP contribution is 2.31. The van der Waals surface area contributed by atoms with Crippen LogP contribution in [0, 0.1) is 13.8 Å². The van der Waals surface area contributed by atoms with Gasteiger partial charge in [-0.1, -0.05) is 17.4 Å². The molecule has 26 heavy (non-hydrogen) atoms. The summed E-state index contributed by atoms with van der Waals surface area (Å²) in [5, 5.41) is 3.77. The first-order valence-electron chi connectivity index (χ1n) is 7.98. The van der Waals surface area contributed by atoms with E-state index in [0.717, 1.165) is 32.1 Å². The number of nitrogens with one attached hydrogen (secondary N) is 2. The van der Waals surface area contributed by atoms with E-state index in [1.807, 2.05) is 30.3 Å². The van der Waals surface area contributed by atoms with Crippen LogP contribution in [0.25, 0.3) is 20.8 Å². The summed E-state index contributed by atoms with van der Waals surface area (Å²) in [6, 6.07) is 13.8. The summed E-state index contributed by atoms with van der Waals surface area (Å²) in [6.45, 7) is 3.78. The molecule has 2 aromatic heterocycles. The number of carbonyl (C=O) groups is 1. The van der Waals surface area contributed by atoms with Gasteiger partial charge in [-0.2, -0.15) is 0 Å². The number of carbonyl (C=O) groups excluding carboxylic acids is 1. The number of aromatic amines is 1. The minimum Gasteiger partial charge on any atom is -0.321 e. The van der Waals surface area contributed by atoms with E-state index in [1.165, 1.54) is 5.56 Å². The lowest BCUT2D eigenvalue weighted by molar-refractivity contribution is 0.103. The van der Waals surface area contributed by atoms with Gasteiger partial charge in [0.2, 0.25) is 0 Å². The first-order valence-corrected chi connectivity index (χ1v) is 9.61. The molecule has 130 valence electrons. The van der Waals surface area contributed by atoms with Crippen molar-refractivity contribution in [2.75, 3.05) is 5.32 Å². The van der Waals surface area contributed by atoms with Crippen molar-refractivity contribution in [1.82, 2.24) is 9.97 Å². The van der Waals surface area contributed by atoms with Crippen molar-refractivity contribution < 1.29 is 4.79 Å². The summed E-state index contributed by atoms with van der Waals surface area (Å²) in [5.41, 5.74) is 4.47. The second-order valence-corrected chi connectivity index (χ2v) is 8.00. The third-order valence-corrected chi connectivity index (χ3v) is 6.02. The number of aryl methyl sites for hydroxylation is 2. The number of fused-ring (bicyclic) bond motifs is 1. The average molecular weight is 381 g/mol. The van der Waals surface area contributed by atoms with Gasteiger partial charge in [0.15, 0.2) is 0 Å². The molecule has 4 aromatic rings. The number of benzene rings is 2. The van der Waals surface area contributed by atoms with Gasteiger partial charge in [-0.3, -0.25) is 9.59 Å². The number of rotatable bonds is 3. The zero-order valence-corrected chi connectivity index (χ0v) is 15.8. The third kappa shape index (κ3) is 3.18. The van der Waals surface area contributed by atoms with Crippen LogP contribution in [0.5, 0.6) is 0 Å². The smallest absolute Gasteiger partial charge is 0.305 e. The topological polar surface area (TPSA) is 74.8 Å². The Hall–Kier alpha value is -2.77. The highest BCUT2D eigenvalue weighted by atomic mass is 32.1. The molecule has 2 heterocycles. The molecule has 0 aliphatic heterocycles. The van der Waals surface area contributed by atoms with Gasteiger partial charge < -0.3 is 10.3 Å². The van der Waals surface area contributed by atoms with E-state index in [1.54, 1.807) is 18.3 Å². The highest BCUT2D eigenvalue weighted by molar-refractivity contribution is 7.21. The summed E-state index contributed by atoms with van der Waals surface area (Å²) < 4.78 is 1.16. The first-order chi connectivity index (χ1) is 12.5. The lowest BCUT2D eigenvalue weighted by Gasteiger charge is -2.05. The molecule has 0 bridgehead atoms. The molecule has 0 spiro atoms. The van der Waals surface area contributed by atoms with Gasteiger partial charge in [0.05, 0.1) is 10.2 Å². The molecule has 0 aliphatic rings. The number of H-pyrrole nitrogens is 1. The third-order valence-electron chi connectivity index (χ3n) is 3.96. The van der Waals surface area contributed by atoms with E-state index in [9.17, 15) is 9.59 Å². The molecule has 0 fully saturated rings. The largest absolute Gasteiger partial charge is 0.321 e. The predicted octanol–water partition coefficient (Wildman–Crippen LogP) is 4.58. The van der Waals surface area contributed by atoms with Crippen LogP contribution < -0.4 is 10.2 Å². The number of nitrogens with zero attached hydrogens (tertiary/aromatic N) is 1. The normalized spacial score (nSPS) is 11.0. The molecule has 0 aliphatic carbocycles. The van der Waals surface area contributed by atoms with E-state index in [0.29, 0.717) is 16.3 Å². The molecule has 0 saturated heterocycles. The molecular weight excluding hydrogens is 366 g/mol. The molecule has 2 aromatic carbocycles. The van der Waals surface area contributed by atoms with Crippen LogP contribution in [-0.4, -0.2) is 15.9 Å². The lowest BCUT2D eigenvalue weighted by Crippen LogP contribution is -2.11. The van der Waals surface area contributed by atoms with Gasteiger partial charge in [0.1, 0.15) is 9.88 Å². The Morgan fingerprint density at radius 1 is 1.08 bits per heavy atom. The van der Waals surface area contributed by atoms with Crippen molar-refractivity contribution in [2.24, 2.45) is 0 Å². The second-order valence-electron chi connectivity index (χ2n) is 5.99. The van der Waals surface area contributed by atoms with E-state index < -0.39 is 0 Å². The van der Waals surface area contributed by atoms with Crippen molar-refractivity contribution >= 4 is 44.5 Å². The standard InChI is InChI=1S/C19H15N3O2S2/c1-10-3-8-14-15(9-10)25-18(22-14)12-4-6-13(7-5-12)21-17(23)16-11(2)20-19(24)26-16/h3-9H,1-2H3,(H,20,24)(H,21,23). The number of hydrogen-bond donors (Lipinski definition) is 2. The number of anilines is 1. The molecule has 0 atom stereocenters. The monoisotopic (exact) mass is 381 g/mol. The second kappa shape index (κ2) is 6.51. The van der Waals surface area contributed by atoms with Crippen LogP contribution in [0.15, 0.2) is 47.3 Å². The van der Waals surface area contributed by atoms with Gasteiger partial charge in [-0.15, -0.1) is 11.3 Å². The van der Waals surface area contributed by atoms with Gasteiger partial charge in [-0.05, 0) is 55.8 Å². The maximum absolute atomic E-state index is 12.3. The van der Waals surface area contributed by atoms with Crippen molar-refractivity contribution in [3.8, 4) is 10.6 Å². The Morgan fingerprint density at radius 3 is 2.54 bits per heavy atom. The minimum atomic E-state index is -0.283. The van der Waals surface area contributed by atoms with Gasteiger partial charge in [-0.25, -0.2) is 4.98 Å². The van der Waals surface area contributed by atoms with Crippen LogP contribution in [0.3, 0.4) is 0 Å². The SMILES string of the molecule is Cc1ccc2nc(-c3ccc(NC(=O)c4sc(=O)[nH]c4C)cc3)sc2c1. The zero-order chi connectivity index (χ0) is 18.3. The van der Waals surface area contributed by atoms with E-state index in [2.05, 4.69) is 34.3 Å². The maximum Gasteiger partial charge on any atom is 0.305 e. The van der Waals surface area contributed by atoms with E-state index >= 15 is 0 Å². The molecule has 0 unspecified atom stereocenters. The average Bonchev–Trinajstić information content (AvgIpc) is 3.17. The van der Waals surface area contributed by atoms with Crippen LogP contribution in [0.2, 0.25) is 0 Å². The van der Waals surface area contributed by atoms with Gasteiger partial charge in [0, 0.05) is 16.9 Å². The van der Waals surface area contributed by atoms with Gasteiger partial charge >= 0.3 is 4.87 Å². The van der Waals surface area contributed by atoms with Crippen molar-refractivity contribution in [1.29, 1.82) is 0 Å². The Bertz CT molecular complexity index is 1170. The van der Waals surface area contributed by atoms with Crippen molar-refractivity contribution in [2.45, 2.75) is 13.8 Å². The van der Waals surface area contributed by atoms with Crippen molar-refractivity contribution in [3.05, 3.63) is 68.3 Å². The highest BCUT2D eigenvalue weighted by Gasteiger charge is 2.13. The maximum atomic E-state index is 12.3. The van der Waals surface area contributed by atoms with Crippen LogP contribution in [0.1, 0.15) is 20.9 Å². The molecule has 7 heteroatoms. The van der Waals surface area contributed by atoms with Gasteiger partial charge in [0.25, 0.3) is 5.91 Å². The fourth-order valence-electron chi connectivity index (χ4n) is 2.66. The van der Waals surface area contributed by atoms with Crippen LogP contribution in [0.4, 0.5) is 5.69 Å². The number of aromatic nitrogens is 2. The molecular formula is C19H15N3O2S2. The lowest BCUT2D eigenvalue weighted by atomic mass is 10.2. The zero-order valence-electron chi connectivity index (χ0n) is 14.1. The molecule has 1 amide bonds. The first kappa shape index (κ1) is 16.7. The Morgan fingerprint density at radius 2 is 1.85 bits per heavy atom. The van der Waals surface area contributed by atoms with Crippen molar-refractivity contribution in [3.63, 3.8) is 0 Å². The number of amides is 1. The number of thiazole rings is 2. The summed E-state index contributed by atoms with van der Waals surface area (Å²) in [4.78, 5) is 31.1. The summed E-state index contributed by atoms with van der Waals surface area (Å²) in [6.07, 6.45) is 0. The van der Waals surface area contributed by atoms with E-state index in [-0.39, 0.29) is 10.8 Å². The minimum absolute atomic E-state index is 0.228. The quantitative estimate of drug-likeness (QED) is 0.545. The van der Waals surface area contributed by atoms with Crippen LogP contribution >= 0.6 is 22.7 Å². The predicted molar refractivity (Wildman–Crippen MR) is 107 cm³/mol. The number of hydrogen-bond acceptors (Lipinski definition) is 5. The Kier molecular flexibility index (Phi) is 4.18. The summed E-state index contributed by atoms with van der Waals surface area (Å²) >= 11 is 2.56. The molecule has 5 nitrogen and oxygen atoms in total.